The smallest absolute Gasteiger partial charge is 0.236 e. The Morgan fingerprint density at radius 1 is 0.735 bits per heavy atom. The maximum atomic E-state index is 14.6. The van der Waals surface area contributed by atoms with Crippen LogP contribution < -0.4 is 5.30 Å². The highest BCUT2D eigenvalue weighted by molar-refractivity contribution is 7.68. The van der Waals surface area contributed by atoms with Gasteiger partial charge in [0, 0.05) is 18.1 Å². The predicted molar refractivity (Wildman–Crippen MR) is 145 cm³/mol. The van der Waals surface area contributed by atoms with Gasteiger partial charge in [-0.25, -0.2) is 0 Å². The topological polar surface area (TPSA) is 26.3 Å². The van der Waals surface area contributed by atoms with Crippen LogP contribution in [0, 0.1) is 0 Å². The second-order valence-electron chi connectivity index (χ2n) is 10.9. The van der Waals surface area contributed by atoms with Crippen LogP contribution in [0.5, 0.6) is 0 Å². The first-order valence-corrected chi connectivity index (χ1v) is 14.5. The van der Waals surface area contributed by atoms with Crippen molar-refractivity contribution in [2.45, 2.75) is 77.7 Å². The largest absolute Gasteiger partial charge is 0.317 e. The van der Waals surface area contributed by atoms with Crippen molar-refractivity contribution in [1.29, 1.82) is 0 Å². The molecule has 1 saturated heterocycles. The van der Waals surface area contributed by atoms with E-state index in [0.717, 1.165) is 18.1 Å². The molecule has 34 heavy (non-hydrogen) atoms. The maximum Gasteiger partial charge on any atom is 0.236 e. The van der Waals surface area contributed by atoms with Gasteiger partial charge in [-0.3, -0.25) is 4.57 Å². The molecule has 0 saturated carbocycles. The average molecular weight is 475 g/mol. The van der Waals surface area contributed by atoms with E-state index in [2.05, 4.69) is 102 Å². The summed E-state index contributed by atoms with van der Waals surface area (Å²) in [7, 11) is -2.97. The summed E-state index contributed by atoms with van der Waals surface area (Å²) in [4.78, 5) is 0. The first-order valence-electron chi connectivity index (χ1n) is 12.7. The van der Waals surface area contributed by atoms with Gasteiger partial charge in [0.15, 0.2) is 0 Å². The highest BCUT2D eigenvalue weighted by Crippen LogP contribution is 2.65. The minimum Gasteiger partial charge on any atom is -0.317 e. The Morgan fingerprint density at radius 3 is 1.50 bits per heavy atom. The first kappa shape index (κ1) is 25.0. The van der Waals surface area contributed by atoms with Gasteiger partial charge in [0.05, 0.1) is 11.8 Å². The van der Waals surface area contributed by atoms with Crippen LogP contribution >= 0.6 is 7.37 Å². The second kappa shape index (κ2) is 9.84. The average Bonchev–Trinajstić information content (AvgIpc) is 2.78. The molecule has 1 fully saturated rings. The van der Waals surface area contributed by atoms with Gasteiger partial charge in [0.1, 0.15) is 0 Å². The number of hydrogen-bond donors (Lipinski definition) is 0. The molecule has 0 bridgehead atoms. The van der Waals surface area contributed by atoms with E-state index in [0.29, 0.717) is 23.9 Å². The van der Waals surface area contributed by atoms with Gasteiger partial charge in [-0.1, -0.05) is 114 Å². The third-order valence-electron chi connectivity index (χ3n) is 7.02. The lowest BCUT2D eigenvalue weighted by molar-refractivity contribution is 0.0505. The molecule has 0 radical (unpaired) electrons. The Labute approximate surface area is 206 Å². The molecule has 0 N–H and O–H groups in total. The molecule has 4 rings (SSSR count). The van der Waals surface area contributed by atoms with E-state index < -0.39 is 13.0 Å². The molecule has 0 amide bonds. The summed E-state index contributed by atoms with van der Waals surface area (Å²) in [6.45, 7) is 13.3. The van der Waals surface area contributed by atoms with E-state index in [1.165, 1.54) is 27.8 Å². The van der Waals surface area contributed by atoms with Crippen LogP contribution in [0.2, 0.25) is 0 Å². The van der Waals surface area contributed by atoms with E-state index in [1.54, 1.807) is 0 Å². The van der Waals surface area contributed by atoms with Crippen molar-refractivity contribution in [3.05, 3.63) is 101 Å². The molecule has 180 valence electrons. The van der Waals surface area contributed by atoms with E-state index in [-0.39, 0.29) is 0 Å². The lowest BCUT2D eigenvalue weighted by Gasteiger charge is -2.49. The van der Waals surface area contributed by atoms with Crippen LogP contribution in [0.25, 0.3) is 0 Å². The van der Waals surface area contributed by atoms with E-state index >= 15 is 0 Å². The van der Waals surface area contributed by atoms with Gasteiger partial charge < -0.3 is 4.52 Å². The van der Waals surface area contributed by atoms with Crippen LogP contribution in [-0.2, 0) is 21.9 Å². The molecule has 0 aromatic heterocycles. The Kier molecular flexibility index (Phi) is 7.22. The minimum atomic E-state index is -2.97. The normalized spacial score (nSPS) is 19.6. The monoisotopic (exact) mass is 474 g/mol. The molecule has 3 aromatic rings. The summed E-state index contributed by atoms with van der Waals surface area (Å²) in [5.41, 5.74) is 5.74. The Morgan fingerprint density at radius 2 is 1.15 bits per heavy atom. The lowest BCUT2D eigenvalue weighted by Crippen LogP contribution is -2.52. The van der Waals surface area contributed by atoms with Crippen molar-refractivity contribution in [1.82, 2.24) is 0 Å². The molecule has 1 aliphatic rings. The molecular weight excluding hydrogens is 435 g/mol. The number of rotatable bonds is 8. The third kappa shape index (κ3) is 5.09. The van der Waals surface area contributed by atoms with E-state index in [9.17, 15) is 4.57 Å². The molecule has 1 unspecified atom stereocenters. The van der Waals surface area contributed by atoms with Crippen molar-refractivity contribution >= 4 is 12.7 Å². The van der Waals surface area contributed by atoms with Crippen LogP contribution in [0.4, 0.5) is 0 Å². The molecular formula is C31H39O2P. The van der Waals surface area contributed by atoms with Crippen LogP contribution in [-0.4, -0.2) is 11.8 Å². The van der Waals surface area contributed by atoms with Gasteiger partial charge in [-0.15, -0.1) is 0 Å². The Hall–Kier alpha value is -2.15. The fourth-order valence-electron chi connectivity index (χ4n) is 5.30. The quantitative estimate of drug-likeness (QED) is 0.307. The van der Waals surface area contributed by atoms with Crippen molar-refractivity contribution < 1.29 is 9.09 Å². The summed E-state index contributed by atoms with van der Waals surface area (Å²) in [6.07, 6.45) is 2.12. The highest BCUT2D eigenvalue weighted by Gasteiger charge is 2.55. The zero-order valence-electron chi connectivity index (χ0n) is 21.5. The van der Waals surface area contributed by atoms with Gasteiger partial charge in [-0.2, -0.15) is 0 Å². The molecule has 1 atom stereocenters. The zero-order chi connectivity index (χ0) is 24.5. The Bertz CT molecular complexity index is 1080. The fraction of sp³-hybridized carbons (Fsp3) is 0.419. The second-order valence-corrected chi connectivity index (χ2v) is 13.2. The molecule has 1 aliphatic heterocycles. The molecule has 3 heteroatoms. The van der Waals surface area contributed by atoms with Crippen LogP contribution in [0.15, 0.2) is 72.8 Å². The van der Waals surface area contributed by atoms with Gasteiger partial charge in [0.25, 0.3) is 0 Å². The molecule has 2 nitrogen and oxygen atoms in total. The minimum absolute atomic E-state index is 0.291. The predicted octanol–water partition coefficient (Wildman–Crippen LogP) is 8.21. The first-order chi connectivity index (χ1) is 16.1. The van der Waals surface area contributed by atoms with E-state index in [4.69, 9.17) is 4.52 Å². The number of benzene rings is 3. The summed E-state index contributed by atoms with van der Waals surface area (Å²) in [6, 6.07) is 25.5. The molecule has 3 aromatic carbocycles. The summed E-state index contributed by atoms with van der Waals surface area (Å²) < 4.78 is 21.3. The van der Waals surface area contributed by atoms with Crippen LogP contribution in [0.3, 0.4) is 0 Å². The van der Waals surface area contributed by atoms with Gasteiger partial charge in [0.2, 0.25) is 7.37 Å². The fourth-order valence-corrected chi connectivity index (χ4v) is 8.70. The molecule has 1 heterocycles. The summed E-state index contributed by atoms with van der Waals surface area (Å²) in [5.74, 6) is 1.01. The maximum absolute atomic E-state index is 14.6. The lowest BCUT2D eigenvalue weighted by atomic mass is 9.89. The van der Waals surface area contributed by atoms with Crippen molar-refractivity contribution in [2.75, 3.05) is 6.16 Å². The van der Waals surface area contributed by atoms with Gasteiger partial charge in [-0.05, 0) is 45.6 Å². The van der Waals surface area contributed by atoms with Crippen molar-refractivity contribution in [3.63, 3.8) is 0 Å². The van der Waals surface area contributed by atoms with E-state index in [1.807, 2.05) is 12.1 Å². The van der Waals surface area contributed by atoms with Crippen LogP contribution in [0.1, 0.15) is 87.1 Å². The SMILES string of the molecule is CC(C)c1cc(C(C)C)c(P2(=O)CC(Cc3ccccc3)(Cc3ccccc3)O2)c(C(C)C)c1. The van der Waals surface area contributed by atoms with Crippen molar-refractivity contribution in [2.24, 2.45) is 0 Å². The Balaban J connectivity index is 1.77. The third-order valence-corrected chi connectivity index (χ3v) is 9.89. The summed E-state index contributed by atoms with van der Waals surface area (Å²) in [5, 5.41) is 0.999. The van der Waals surface area contributed by atoms with Gasteiger partial charge >= 0.3 is 0 Å². The summed E-state index contributed by atoms with van der Waals surface area (Å²) >= 11 is 0. The standard InChI is InChI=1S/C31H39O2P/c1-22(2)27-17-28(23(3)4)30(29(18-27)24(5)6)34(32)21-31(33-34,19-25-13-9-7-10-14-25)20-26-15-11-8-12-16-26/h7-18,22-24H,19-21H2,1-6H3. The van der Waals surface area contributed by atoms with Crippen molar-refractivity contribution in [3.8, 4) is 0 Å². The number of hydrogen-bond acceptors (Lipinski definition) is 2. The molecule has 0 spiro atoms. The zero-order valence-corrected chi connectivity index (χ0v) is 22.4. The molecule has 0 aliphatic carbocycles. The highest BCUT2D eigenvalue weighted by atomic mass is 31.2.